The third-order valence-corrected chi connectivity index (χ3v) is 4.60. The van der Waals surface area contributed by atoms with Gasteiger partial charge < -0.3 is 9.88 Å². The lowest BCUT2D eigenvalue weighted by Gasteiger charge is -2.06. The molecular formula is C15H20N4OS. The number of carbonyl (C=O) groups excluding carboxylic acids is 1. The number of carbonyl (C=O) groups is 1. The van der Waals surface area contributed by atoms with E-state index in [9.17, 15) is 4.79 Å². The first-order valence-electron chi connectivity index (χ1n) is 7.50. The average molecular weight is 304 g/mol. The molecule has 0 spiro atoms. The maximum absolute atomic E-state index is 11.8. The van der Waals surface area contributed by atoms with Crippen molar-refractivity contribution in [1.82, 2.24) is 20.1 Å². The Morgan fingerprint density at radius 1 is 1.43 bits per heavy atom. The van der Waals surface area contributed by atoms with Gasteiger partial charge in [-0.25, -0.2) is 0 Å². The Kier molecular flexibility index (Phi) is 4.65. The Morgan fingerprint density at radius 3 is 3.10 bits per heavy atom. The minimum Gasteiger partial charge on any atom is -0.356 e. The van der Waals surface area contributed by atoms with E-state index in [1.165, 1.54) is 17.7 Å². The fourth-order valence-electron chi connectivity index (χ4n) is 2.38. The molecule has 112 valence electrons. The van der Waals surface area contributed by atoms with E-state index in [1.807, 2.05) is 0 Å². The molecular weight excluding hydrogens is 284 g/mol. The summed E-state index contributed by atoms with van der Waals surface area (Å²) in [6.45, 7) is 0.642. The van der Waals surface area contributed by atoms with Gasteiger partial charge in [-0.3, -0.25) is 4.79 Å². The Morgan fingerprint density at radius 2 is 2.33 bits per heavy atom. The van der Waals surface area contributed by atoms with Gasteiger partial charge in [0, 0.05) is 30.3 Å². The first-order chi connectivity index (χ1) is 10.3. The average Bonchev–Trinajstić information content (AvgIpc) is 3.00. The lowest BCUT2D eigenvalue weighted by Crippen LogP contribution is -2.26. The van der Waals surface area contributed by atoms with Gasteiger partial charge >= 0.3 is 0 Å². The van der Waals surface area contributed by atoms with Gasteiger partial charge in [-0.15, -0.1) is 21.5 Å². The summed E-state index contributed by atoms with van der Waals surface area (Å²) in [5.41, 5.74) is 0. The highest BCUT2D eigenvalue weighted by Crippen LogP contribution is 2.35. The summed E-state index contributed by atoms with van der Waals surface area (Å²) in [4.78, 5) is 13.1. The molecule has 5 nitrogen and oxygen atoms in total. The van der Waals surface area contributed by atoms with Crippen LogP contribution >= 0.6 is 11.3 Å². The largest absolute Gasteiger partial charge is 0.356 e. The highest BCUT2D eigenvalue weighted by Gasteiger charge is 2.25. The Labute approximate surface area is 128 Å². The lowest BCUT2D eigenvalue weighted by molar-refractivity contribution is -0.121. The molecule has 1 aliphatic carbocycles. The summed E-state index contributed by atoms with van der Waals surface area (Å²) in [5.74, 6) is 1.11. The van der Waals surface area contributed by atoms with Crippen LogP contribution in [0.5, 0.6) is 0 Å². The summed E-state index contributed by atoms with van der Waals surface area (Å²) in [6.07, 6.45) is 7.49. The SMILES string of the molecule is O=C(CCCc1cccs1)NCCc1nncn1C1CC1. The first kappa shape index (κ1) is 14.3. The van der Waals surface area contributed by atoms with Crippen LogP contribution in [0.15, 0.2) is 23.8 Å². The van der Waals surface area contributed by atoms with E-state index in [4.69, 9.17) is 0 Å². The zero-order valence-electron chi connectivity index (χ0n) is 12.0. The van der Waals surface area contributed by atoms with Crippen molar-refractivity contribution in [2.24, 2.45) is 0 Å². The molecule has 1 amide bonds. The summed E-state index contributed by atoms with van der Waals surface area (Å²) in [7, 11) is 0. The van der Waals surface area contributed by atoms with E-state index in [2.05, 4.69) is 37.6 Å². The van der Waals surface area contributed by atoms with Gasteiger partial charge in [0.05, 0.1) is 0 Å². The number of hydrogen-bond donors (Lipinski definition) is 1. The van der Waals surface area contributed by atoms with Gasteiger partial charge in [0.1, 0.15) is 12.2 Å². The van der Waals surface area contributed by atoms with Crippen LogP contribution in [0.2, 0.25) is 0 Å². The number of aryl methyl sites for hydroxylation is 1. The second kappa shape index (κ2) is 6.85. The molecule has 2 aromatic rings. The van der Waals surface area contributed by atoms with E-state index < -0.39 is 0 Å². The molecule has 1 saturated carbocycles. The Bertz CT molecular complexity index is 574. The molecule has 1 fully saturated rings. The van der Waals surface area contributed by atoms with Crippen molar-refractivity contribution in [3.8, 4) is 0 Å². The Hall–Kier alpha value is -1.69. The fraction of sp³-hybridized carbons (Fsp3) is 0.533. The van der Waals surface area contributed by atoms with Gasteiger partial charge in [-0.1, -0.05) is 6.07 Å². The third kappa shape index (κ3) is 4.14. The molecule has 3 rings (SSSR count). The van der Waals surface area contributed by atoms with Gasteiger partial charge in [0.2, 0.25) is 5.91 Å². The molecule has 1 N–H and O–H groups in total. The summed E-state index contributed by atoms with van der Waals surface area (Å²) >= 11 is 1.75. The van der Waals surface area contributed by atoms with Gasteiger partial charge in [0.15, 0.2) is 0 Å². The van der Waals surface area contributed by atoms with Crippen molar-refractivity contribution < 1.29 is 4.79 Å². The van der Waals surface area contributed by atoms with Crippen LogP contribution in [0.25, 0.3) is 0 Å². The number of thiophene rings is 1. The standard InChI is InChI=1S/C15H20N4OS/c20-15(5-1-3-13-4-2-10-21-13)16-9-8-14-18-17-11-19(14)12-6-7-12/h2,4,10-12H,1,3,5-9H2,(H,16,20). The number of aromatic nitrogens is 3. The lowest BCUT2D eigenvalue weighted by atomic mass is 10.2. The monoisotopic (exact) mass is 304 g/mol. The quantitative estimate of drug-likeness (QED) is 0.814. The minimum atomic E-state index is 0.129. The second-order valence-corrected chi connectivity index (χ2v) is 6.45. The summed E-state index contributed by atoms with van der Waals surface area (Å²) in [5, 5.41) is 13.1. The number of rotatable bonds is 8. The smallest absolute Gasteiger partial charge is 0.220 e. The van der Waals surface area contributed by atoms with E-state index >= 15 is 0 Å². The third-order valence-electron chi connectivity index (χ3n) is 3.67. The van der Waals surface area contributed by atoms with Crippen LogP contribution < -0.4 is 5.32 Å². The molecule has 1 aliphatic rings. The highest BCUT2D eigenvalue weighted by molar-refractivity contribution is 7.09. The zero-order chi connectivity index (χ0) is 14.5. The number of nitrogens with zero attached hydrogens (tertiary/aromatic N) is 3. The van der Waals surface area contributed by atoms with E-state index in [0.29, 0.717) is 19.0 Å². The predicted octanol–water partition coefficient (Wildman–Crippen LogP) is 2.36. The highest BCUT2D eigenvalue weighted by atomic mass is 32.1. The molecule has 0 saturated heterocycles. The van der Waals surface area contributed by atoms with E-state index in [0.717, 1.165) is 25.1 Å². The summed E-state index contributed by atoms with van der Waals surface area (Å²) in [6, 6.07) is 4.76. The molecule has 0 radical (unpaired) electrons. The summed E-state index contributed by atoms with van der Waals surface area (Å²) < 4.78 is 2.14. The normalized spacial score (nSPS) is 14.3. The van der Waals surface area contributed by atoms with Crippen molar-refractivity contribution in [1.29, 1.82) is 0 Å². The van der Waals surface area contributed by atoms with Crippen molar-refractivity contribution in [3.63, 3.8) is 0 Å². The molecule has 2 aromatic heterocycles. The maximum atomic E-state index is 11.8. The molecule has 0 bridgehead atoms. The topological polar surface area (TPSA) is 59.8 Å². The zero-order valence-corrected chi connectivity index (χ0v) is 12.8. The van der Waals surface area contributed by atoms with Crippen molar-refractivity contribution >= 4 is 17.2 Å². The van der Waals surface area contributed by atoms with Crippen LogP contribution in [0.4, 0.5) is 0 Å². The van der Waals surface area contributed by atoms with Crippen molar-refractivity contribution in [2.45, 2.75) is 44.6 Å². The molecule has 0 aromatic carbocycles. The van der Waals surface area contributed by atoms with Crippen molar-refractivity contribution in [3.05, 3.63) is 34.5 Å². The molecule has 0 unspecified atom stereocenters. The predicted molar refractivity (Wildman–Crippen MR) is 82.3 cm³/mol. The van der Waals surface area contributed by atoms with E-state index in [-0.39, 0.29) is 5.91 Å². The molecule has 0 atom stereocenters. The fourth-order valence-corrected chi connectivity index (χ4v) is 3.13. The first-order valence-corrected chi connectivity index (χ1v) is 8.38. The molecule has 2 heterocycles. The van der Waals surface area contributed by atoms with E-state index in [1.54, 1.807) is 17.7 Å². The molecule has 0 aliphatic heterocycles. The van der Waals surface area contributed by atoms with Crippen LogP contribution in [-0.4, -0.2) is 27.2 Å². The molecule has 21 heavy (non-hydrogen) atoms. The van der Waals surface area contributed by atoms with Crippen LogP contribution in [0, 0.1) is 0 Å². The van der Waals surface area contributed by atoms with Gasteiger partial charge in [0.25, 0.3) is 0 Å². The number of amides is 1. The minimum absolute atomic E-state index is 0.129. The number of hydrogen-bond acceptors (Lipinski definition) is 4. The van der Waals surface area contributed by atoms with Gasteiger partial charge in [-0.05, 0) is 37.1 Å². The van der Waals surface area contributed by atoms with Crippen LogP contribution in [0.3, 0.4) is 0 Å². The van der Waals surface area contributed by atoms with Crippen molar-refractivity contribution in [2.75, 3.05) is 6.54 Å². The van der Waals surface area contributed by atoms with Gasteiger partial charge in [-0.2, -0.15) is 0 Å². The maximum Gasteiger partial charge on any atom is 0.220 e. The van der Waals surface area contributed by atoms with Crippen LogP contribution in [0.1, 0.15) is 42.4 Å². The Balaban J connectivity index is 1.33. The van der Waals surface area contributed by atoms with Crippen LogP contribution in [-0.2, 0) is 17.6 Å². The second-order valence-electron chi connectivity index (χ2n) is 5.42. The molecule has 6 heteroatoms. The number of nitrogens with one attached hydrogen (secondary N) is 1.